The Labute approximate surface area is 88.0 Å². The van der Waals surface area contributed by atoms with Gasteiger partial charge in [-0.05, 0) is 44.0 Å². The smallest absolute Gasteiger partial charge is 0.0588 e. The van der Waals surface area contributed by atoms with E-state index in [1.165, 1.54) is 0 Å². The van der Waals surface area contributed by atoms with Crippen LogP contribution in [0.2, 0.25) is 0 Å². The number of fused-ring (bicyclic) bond motifs is 1. The average Bonchev–Trinajstić information content (AvgIpc) is 2.07. The number of anilines is 2. The largest absolute Gasteiger partial charge is 0.382 e. The lowest BCUT2D eigenvalue weighted by Crippen LogP contribution is -2.20. The molecule has 0 aliphatic carbocycles. The Morgan fingerprint density at radius 1 is 0.917 bits per heavy atom. The molecule has 0 spiro atoms. The SMILES string of the molecule is Brc1cc2c(cc1Br)NCCN2. The highest BCUT2D eigenvalue weighted by Crippen LogP contribution is 2.33. The van der Waals surface area contributed by atoms with Gasteiger partial charge in [-0.15, -0.1) is 0 Å². The number of nitrogens with one attached hydrogen (secondary N) is 2. The average molecular weight is 292 g/mol. The van der Waals surface area contributed by atoms with Gasteiger partial charge in [-0.25, -0.2) is 0 Å². The van der Waals surface area contributed by atoms with Crippen molar-refractivity contribution < 1.29 is 0 Å². The van der Waals surface area contributed by atoms with Crippen LogP contribution in [0.1, 0.15) is 0 Å². The molecule has 2 nitrogen and oxygen atoms in total. The van der Waals surface area contributed by atoms with Gasteiger partial charge in [0.05, 0.1) is 11.4 Å². The zero-order valence-corrected chi connectivity index (χ0v) is 9.50. The molecule has 4 heteroatoms. The van der Waals surface area contributed by atoms with E-state index in [0.717, 1.165) is 33.4 Å². The fraction of sp³-hybridized carbons (Fsp3) is 0.250. The minimum absolute atomic E-state index is 0.987. The Balaban J connectivity index is 2.49. The molecule has 1 aromatic rings. The molecule has 0 aromatic heterocycles. The van der Waals surface area contributed by atoms with Crippen LogP contribution in [0.3, 0.4) is 0 Å². The van der Waals surface area contributed by atoms with Crippen molar-refractivity contribution in [1.29, 1.82) is 0 Å². The summed E-state index contributed by atoms with van der Waals surface area (Å²) in [6, 6.07) is 4.15. The molecule has 64 valence electrons. The molecule has 0 fully saturated rings. The van der Waals surface area contributed by atoms with E-state index in [2.05, 4.69) is 54.6 Å². The minimum atomic E-state index is 0.987. The van der Waals surface area contributed by atoms with Gasteiger partial charge in [0.1, 0.15) is 0 Å². The molecule has 1 aliphatic heterocycles. The molecular formula is C8H8Br2N2. The van der Waals surface area contributed by atoms with Gasteiger partial charge in [-0.3, -0.25) is 0 Å². The zero-order valence-electron chi connectivity index (χ0n) is 6.32. The van der Waals surface area contributed by atoms with Crippen LogP contribution in [0.4, 0.5) is 11.4 Å². The standard InChI is InChI=1S/C8H8Br2N2/c9-5-3-7-8(4-6(5)10)12-2-1-11-7/h3-4,11-12H,1-2H2. The van der Waals surface area contributed by atoms with Crippen molar-refractivity contribution in [1.82, 2.24) is 0 Å². The van der Waals surface area contributed by atoms with Crippen LogP contribution >= 0.6 is 31.9 Å². The van der Waals surface area contributed by atoms with Gasteiger partial charge in [0.15, 0.2) is 0 Å². The maximum Gasteiger partial charge on any atom is 0.0588 e. The summed E-state index contributed by atoms with van der Waals surface area (Å²) in [5.74, 6) is 0. The van der Waals surface area contributed by atoms with E-state index in [-0.39, 0.29) is 0 Å². The van der Waals surface area contributed by atoms with Crippen LogP contribution in [0.15, 0.2) is 21.1 Å². The van der Waals surface area contributed by atoms with Gasteiger partial charge in [-0.1, -0.05) is 0 Å². The summed E-state index contributed by atoms with van der Waals surface area (Å²) in [6.07, 6.45) is 0. The van der Waals surface area contributed by atoms with E-state index >= 15 is 0 Å². The van der Waals surface area contributed by atoms with Gasteiger partial charge in [0.2, 0.25) is 0 Å². The molecule has 0 radical (unpaired) electrons. The van der Waals surface area contributed by atoms with Gasteiger partial charge in [0, 0.05) is 22.0 Å². The van der Waals surface area contributed by atoms with Crippen molar-refractivity contribution in [3.05, 3.63) is 21.1 Å². The molecule has 0 amide bonds. The summed E-state index contributed by atoms with van der Waals surface area (Å²) >= 11 is 6.92. The molecule has 1 aromatic carbocycles. The van der Waals surface area contributed by atoms with Crippen molar-refractivity contribution in [2.75, 3.05) is 23.7 Å². The van der Waals surface area contributed by atoms with Crippen LogP contribution in [-0.4, -0.2) is 13.1 Å². The molecule has 1 aliphatic rings. The molecule has 0 saturated carbocycles. The van der Waals surface area contributed by atoms with Gasteiger partial charge in [0.25, 0.3) is 0 Å². The van der Waals surface area contributed by atoms with Crippen LogP contribution in [-0.2, 0) is 0 Å². The molecular weight excluding hydrogens is 284 g/mol. The Morgan fingerprint density at radius 3 is 1.75 bits per heavy atom. The minimum Gasteiger partial charge on any atom is -0.382 e. The summed E-state index contributed by atoms with van der Waals surface area (Å²) in [6.45, 7) is 1.97. The molecule has 0 saturated heterocycles. The number of hydrogen-bond donors (Lipinski definition) is 2. The molecule has 0 bridgehead atoms. The Hall–Kier alpha value is -0.220. The van der Waals surface area contributed by atoms with E-state index in [0.29, 0.717) is 0 Å². The van der Waals surface area contributed by atoms with Crippen LogP contribution < -0.4 is 10.6 Å². The molecule has 0 unspecified atom stereocenters. The summed E-state index contributed by atoms with van der Waals surface area (Å²) in [7, 11) is 0. The summed E-state index contributed by atoms with van der Waals surface area (Å²) in [4.78, 5) is 0. The third kappa shape index (κ3) is 1.45. The molecule has 2 N–H and O–H groups in total. The highest BCUT2D eigenvalue weighted by atomic mass is 79.9. The van der Waals surface area contributed by atoms with Crippen LogP contribution in [0, 0.1) is 0 Å². The van der Waals surface area contributed by atoms with E-state index in [1.807, 2.05) is 0 Å². The normalized spacial score (nSPS) is 14.5. The Kier molecular flexibility index (Phi) is 2.28. The number of hydrogen-bond acceptors (Lipinski definition) is 2. The quantitative estimate of drug-likeness (QED) is 0.768. The molecule has 0 atom stereocenters. The predicted octanol–water partition coefficient (Wildman–Crippen LogP) is 3.05. The Bertz CT molecular complexity index is 281. The lowest BCUT2D eigenvalue weighted by molar-refractivity contribution is 1.04. The first kappa shape index (κ1) is 8.38. The van der Waals surface area contributed by atoms with Crippen LogP contribution in [0.5, 0.6) is 0 Å². The first-order valence-electron chi connectivity index (χ1n) is 3.74. The fourth-order valence-electron chi connectivity index (χ4n) is 1.23. The lowest BCUT2D eigenvalue weighted by atomic mass is 10.2. The zero-order chi connectivity index (χ0) is 8.55. The van der Waals surface area contributed by atoms with Crippen molar-refractivity contribution >= 4 is 43.2 Å². The lowest BCUT2D eigenvalue weighted by Gasteiger charge is -2.20. The fourth-order valence-corrected chi connectivity index (χ4v) is 1.92. The van der Waals surface area contributed by atoms with Gasteiger partial charge in [-0.2, -0.15) is 0 Å². The van der Waals surface area contributed by atoms with E-state index in [9.17, 15) is 0 Å². The van der Waals surface area contributed by atoms with Crippen molar-refractivity contribution in [3.63, 3.8) is 0 Å². The van der Waals surface area contributed by atoms with Gasteiger partial charge >= 0.3 is 0 Å². The first-order valence-corrected chi connectivity index (χ1v) is 5.33. The van der Waals surface area contributed by atoms with E-state index in [1.54, 1.807) is 0 Å². The third-order valence-corrected chi connectivity index (χ3v) is 3.66. The first-order chi connectivity index (χ1) is 5.77. The monoisotopic (exact) mass is 290 g/mol. The summed E-state index contributed by atoms with van der Waals surface area (Å²) in [5, 5.41) is 6.63. The highest BCUT2D eigenvalue weighted by Gasteiger charge is 2.09. The molecule has 1 heterocycles. The third-order valence-electron chi connectivity index (χ3n) is 1.82. The van der Waals surface area contributed by atoms with Crippen molar-refractivity contribution in [2.24, 2.45) is 0 Å². The second-order valence-electron chi connectivity index (χ2n) is 2.67. The highest BCUT2D eigenvalue weighted by molar-refractivity contribution is 9.13. The second kappa shape index (κ2) is 3.26. The topological polar surface area (TPSA) is 24.1 Å². The summed E-state index contributed by atoms with van der Waals surface area (Å²) in [5.41, 5.74) is 2.33. The number of halogens is 2. The summed E-state index contributed by atoms with van der Waals surface area (Å²) < 4.78 is 2.16. The molecule has 2 rings (SSSR count). The van der Waals surface area contributed by atoms with Crippen molar-refractivity contribution in [2.45, 2.75) is 0 Å². The number of benzene rings is 1. The van der Waals surface area contributed by atoms with E-state index in [4.69, 9.17) is 0 Å². The Morgan fingerprint density at radius 2 is 1.33 bits per heavy atom. The van der Waals surface area contributed by atoms with Crippen molar-refractivity contribution in [3.8, 4) is 0 Å². The van der Waals surface area contributed by atoms with Crippen LogP contribution in [0.25, 0.3) is 0 Å². The maximum absolute atomic E-state index is 3.46. The second-order valence-corrected chi connectivity index (χ2v) is 4.37. The molecule has 12 heavy (non-hydrogen) atoms. The predicted molar refractivity (Wildman–Crippen MR) is 58.8 cm³/mol. The van der Waals surface area contributed by atoms with Gasteiger partial charge < -0.3 is 10.6 Å². The van der Waals surface area contributed by atoms with E-state index < -0.39 is 0 Å². The number of rotatable bonds is 0. The maximum atomic E-state index is 3.46.